The van der Waals surface area contributed by atoms with Gasteiger partial charge in [-0.25, -0.2) is 0 Å². The molecule has 0 aliphatic rings. The van der Waals surface area contributed by atoms with Gasteiger partial charge in [-0.05, 0) is 55.2 Å². The summed E-state index contributed by atoms with van der Waals surface area (Å²) < 4.78 is 3.07. The zero-order valence-corrected chi connectivity index (χ0v) is 11.1. The van der Waals surface area contributed by atoms with Gasteiger partial charge in [-0.3, -0.25) is 4.68 Å². The number of rotatable bonds is 7. The van der Waals surface area contributed by atoms with E-state index in [1.807, 2.05) is 17.1 Å². The quantitative estimate of drug-likeness (QED) is 0.775. The van der Waals surface area contributed by atoms with Gasteiger partial charge in [-0.1, -0.05) is 6.92 Å². The van der Waals surface area contributed by atoms with E-state index < -0.39 is 0 Å². The fourth-order valence-corrected chi connectivity index (χ4v) is 1.81. The van der Waals surface area contributed by atoms with Gasteiger partial charge in [0.15, 0.2) is 0 Å². The minimum Gasteiger partial charge on any atom is -0.317 e. The predicted molar refractivity (Wildman–Crippen MR) is 67.0 cm³/mol. The van der Waals surface area contributed by atoms with E-state index in [1.165, 1.54) is 19.3 Å². The molecule has 4 heteroatoms. The monoisotopic (exact) mass is 273 g/mol. The van der Waals surface area contributed by atoms with E-state index >= 15 is 0 Å². The molecule has 1 N–H and O–H groups in total. The second-order valence-electron chi connectivity index (χ2n) is 3.88. The fraction of sp³-hybridized carbons (Fsp3) is 0.727. The van der Waals surface area contributed by atoms with Crippen LogP contribution < -0.4 is 5.32 Å². The van der Waals surface area contributed by atoms with Gasteiger partial charge in [-0.15, -0.1) is 0 Å². The van der Waals surface area contributed by atoms with Crippen molar-refractivity contribution in [2.45, 2.75) is 39.2 Å². The Labute approximate surface area is 100 Å². The van der Waals surface area contributed by atoms with Gasteiger partial charge in [0, 0.05) is 12.2 Å². The number of nitrogens with one attached hydrogen (secondary N) is 1. The second kappa shape index (κ2) is 7.01. The first-order valence-corrected chi connectivity index (χ1v) is 6.43. The highest BCUT2D eigenvalue weighted by molar-refractivity contribution is 9.10. The molecule has 1 heterocycles. The standard InChI is InChI=1S/C11H20BrN3/c1-3-6-13-7-4-5-10(2)15-9-11(12)8-14-15/h8-10,13H,3-7H2,1-2H3. The van der Waals surface area contributed by atoms with Crippen LogP contribution in [0.15, 0.2) is 16.9 Å². The van der Waals surface area contributed by atoms with Crippen molar-refractivity contribution >= 4 is 15.9 Å². The van der Waals surface area contributed by atoms with Crippen LogP contribution in [-0.4, -0.2) is 22.9 Å². The molecule has 0 fully saturated rings. The van der Waals surface area contributed by atoms with Crippen molar-refractivity contribution in [3.8, 4) is 0 Å². The van der Waals surface area contributed by atoms with E-state index in [1.54, 1.807) is 0 Å². The maximum atomic E-state index is 4.28. The molecule has 0 saturated carbocycles. The molecule has 1 unspecified atom stereocenters. The highest BCUT2D eigenvalue weighted by Crippen LogP contribution is 2.15. The Morgan fingerprint density at radius 1 is 1.53 bits per heavy atom. The Bertz CT molecular complexity index is 273. The highest BCUT2D eigenvalue weighted by atomic mass is 79.9. The van der Waals surface area contributed by atoms with Crippen molar-refractivity contribution in [2.24, 2.45) is 0 Å². The Kier molecular flexibility index (Phi) is 5.95. The van der Waals surface area contributed by atoms with Crippen LogP contribution >= 0.6 is 15.9 Å². The molecular formula is C11H20BrN3. The molecule has 1 aromatic heterocycles. The lowest BCUT2D eigenvalue weighted by Gasteiger charge is -2.11. The molecule has 15 heavy (non-hydrogen) atoms. The molecule has 0 amide bonds. The van der Waals surface area contributed by atoms with Gasteiger partial charge < -0.3 is 5.32 Å². The third kappa shape index (κ3) is 4.80. The van der Waals surface area contributed by atoms with Crippen LogP contribution in [0.2, 0.25) is 0 Å². The summed E-state index contributed by atoms with van der Waals surface area (Å²) in [5.41, 5.74) is 0. The second-order valence-corrected chi connectivity index (χ2v) is 4.80. The minimum absolute atomic E-state index is 0.486. The lowest BCUT2D eigenvalue weighted by Crippen LogP contribution is -2.17. The van der Waals surface area contributed by atoms with Crippen LogP contribution in [0.3, 0.4) is 0 Å². The van der Waals surface area contributed by atoms with E-state index in [9.17, 15) is 0 Å². The van der Waals surface area contributed by atoms with Crippen LogP contribution in [-0.2, 0) is 0 Å². The third-order valence-electron chi connectivity index (χ3n) is 2.42. The summed E-state index contributed by atoms with van der Waals surface area (Å²) in [6.45, 7) is 6.64. The first-order valence-electron chi connectivity index (χ1n) is 5.64. The molecule has 1 atom stereocenters. The van der Waals surface area contributed by atoms with E-state index in [0.717, 1.165) is 17.6 Å². The lowest BCUT2D eigenvalue weighted by atomic mass is 10.2. The Morgan fingerprint density at radius 3 is 2.93 bits per heavy atom. The van der Waals surface area contributed by atoms with E-state index in [0.29, 0.717) is 6.04 Å². The molecule has 1 rings (SSSR count). The molecule has 1 aromatic rings. The van der Waals surface area contributed by atoms with Crippen molar-refractivity contribution in [1.82, 2.24) is 15.1 Å². The predicted octanol–water partition coefficient (Wildman–Crippen LogP) is 2.99. The third-order valence-corrected chi connectivity index (χ3v) is 2.83. The maximum absolute atomic E-state index is 4.28. The molecule has 0 bridgehead atoms. The average Bonchev–Trinajstić information content (AvgIpc) is 2.64. The van der Waals surface area contributed by atoms with Crippen LogP contribution in [0.25, 0.3) is 0 Å². The zero-order valence-electron chi connectivity index (χ0n) is 9.54. The SMILES string of the molecule is CCCNCCCC(C)n1cc(Br)cn1. The van der Waals surface area contributed by atoms with Crippen LogP contribution in [0.5, 0.6) is 0 Å². The van der Waals surface area contributed by atoms with Gasteiger partial charge in [0.05, 0.1) is 10.7 Å². The van der Waals surface area contributed by atoms with Crippen LogP contribution in [0.4, 0.5) is 0 Å². The van der Waals surface area contributed by atoms with Crippen molar-refractivity contribution in [1.29, 1.82) is 0 Å². The number of halogens is 1. The van der Waals surface area contributed by atoms with Crippen molar-refractivity contribution in [2.75, 3.05) is 13.1 Å². The average molecular weight is 274 g/mol. The molecular weight excluding hydrogens is 254 g/mol. The summed E-state index contributed by atoms with van der Waals surface area (Å²) in [4.78, 5) is 0. The molecule has 3 nitrogen and oxygen atoms in total. The first kappa shape index (κ1) is 12.7. The van der Waals surface area contributed by atoms with E-state index in [2.05, 4.69) is 40.2 Å². The van der Waals surface area contributed by atoms with Gasteiger partial charge in [0.25, 0.3) is 0 Å². The maximum Gasteiger partial charge on any atom is 0.0632 e. The van der Waals surface area contributed by atoms with Crippen LogP contribution in [0.1, 0.15) is 39.2 Å². The fourth-order valence-electron chi connectivity index (χ4n) is 1.51. The summed E-state index contributed by atoms with van der Waals surface area (Å²) in [5.74, 6) is 0. The number of aromatic nitrogens is 2. The molecule has 0 radical (unpaired) electrons. The molecule has 0 aromatic carbocycles. The van der Waals surface area contributed by atoms with E-state index in [-0.39, 0.29) is 0 Å². The van der Waals surface area contributed by atoms with Gasteiger partial charge in [0.1, 0.15) is 0 Å². The number of hydrogen-bond donors (Lipinski definition) is 1. The summed E-state index contributed by atoms with van der Waals surface area (Å²) in [5, 5.41) is 7.69. The summed E-state index contributed by atoms with van der Waals surface area (Å²) in [6.07, 6.45) is 7.46. The van der Waals surface area contributed by atoms with Gasteiger partial charge in [-0.2, -0.15) is 5.10 Å². The number of nitrogens with zero attached hydrogens (tertiary/aromatic N) is 2. The molecule has 0 aliphatic heterocycles. The molecule has 86 valence electrons. The largest absolute Gasteiger partial charge is 0.317 e. The minimum atomic E-state index is 0.486. The molecule has 0 aliphatic carbocycles. The molecule has 0 spiro atoms. The Hall–Kier alpha value is -0.350. The van der Waals surface area contributed by atoms with Crippen molar-refractivity contribution in [3.63, 3.8) is 0 Å². The summed E-state index contributed by atoms with van der Waals surface area (Å²) >= 11 is 3.41. The lowest BCUT2D eigenvalue weighted by molar-refractivity contribution is 0.438. The van der Waals surface area contributed by atoms with Gasteiger partial charge >= 0.3 is 0 Å². The smallest absolute Gasteiger partial charge is 0.0632 e. The Morgan fingerprint density at radius 2 is 2.33 bits per heavy atom. The van der Waals surface area contributed by atoms with E-state index in [4.69, 9.17) is 0 Å². The van der Waals surface area contributed by atoms with Crippen LogP contribution in [0, 0.1) is 0 Å². The molecule has 0 saturated heterocycles. The number of hydrogen-bond acceptors (Lipinski definition) is 2. The normalized spacial score (nSPS) is 13.0. The summed E-state index contributed by atoms with van der Waals surface area (Å²) in [7, 11) is 0. The Balaban J connectivity index is 2.16. The first-order chi connectivity index (χ1) is 7.24. The topological polar surface area (TPSA) is 29.9 Å². The summed E-state index contributed by atoms with van der Waals surface area (Å²) in [6, 6.07) is 0.486. The van der Waals surface area contributed by atoms with Gasteiger partial charge in [0.2, 0.25) is 0 Å². The highest BCUT2D eigenvalue weighted by Gasteiger charge is 2.04. The van der Waals surface area contributed by atoms with Crippen molar-refractivity contribution in [3.05, 3.63) is 16.9 Å². The van der Waals surface area contributed by atoms with Crippen molar-refractivity contribution < 1.29 is 0 Å². The zero-order chi connectivity index (χ0) is 11.1.